The Morgan fingerprint density at radius 1 is 0.900 bits per heavy atom. The highest BCUT2D eigenvalue weighted by Gasteiger charge is 2.20. The number of benzene rings is 2. The summed E-state index contributed by atoms with van der Waals surface area (Å²) in [7, 11) is 5.90. The van der Waals surface area contributed by atoms with Gasteiger partial charge in [0.05, 0.1) is 11.0 Å². The van der Waals surface area contributed by atoms with Crippen LogP contribution >= 0.6 is 0 Å². The predicted molar refractivity (Wildman–Crippen MR) is 120 cm³/mol. The first-order valence-corrected chi connectivity index (χ1v) is 10.1. The van der Waals surface area contributed by atoms with E-state index in [1.54, 1.807) is 12.1 Å². The summed E-state index contributed by atoms with van der Waals surface area (Å²) in [6, 6.07) is 7.05. The second kappa shape index (κ2) is 7.93. The number of aromatic nitrogens is 2. The molecule has 2 aromatic carbocycles. The van der Waals surface area contributed by atoms with E-state index in [0.717, 1.165) is 40.6 Å². The van der Waals surface area contributed by atoms with Crippen LogP contribution in [0.4, 0.5) is 0 Å². The van der Waals surface area contributed by atoms with Gasteiger partial charge in [-0.25, -0.2) is 0 Å². The summed E-state index contributed by atoms with van der Waals surface area (Å²) >= 11 is 0. The van der Waals surface area contributed by atoms with Gasteiger partial charge in [-0.05, 0) is 70.4 Å². The standard InChI is InChI=1S/C23H28N4O3/c1-24-10-8-16-20-18(29)7-5-15(22(20)26-23(16)30)14-4-6-17(28)19-13(9-11-27(2)3)12-25-21(14)19/h4-7,12,24-26,28-30H,8-11H2,1-3H3. The van der Waals surface area contributed by atoms with Crippen LogP contribution in [0, 0.1) is 0 Å². The summed E-state index contributed by atoms with van der Waals surface area (Å²) in [6.07, 6.45) is 3.34. The topological polar surface area (TPSA) is 108 Å². The van der Waals surface area contributed by atoms with Gasteiger partial charge in [-0.2, -0.15) is 0 Å². The van der Waals surface area contributed by atoms with Crippen molar-refractivity contribution in [3.63, 3.8) is 0 Å². The number of likely N-dealkylation sites (N-methyl/N-ethyl adjacent to an activating group) is 2. The average Bonchev–Trinajstić information content (AvgIpc) is 3.28. The highest BCUT2D eigenvalue weighted by molar-refractivity contribution is 6.08. The Bertz CT molecular complexity index is 1210. The molecule has 2 aromatic heterocycles. The minimum absolute atomic E-state index is 0.0659. The summed E-state index contributed by atoms with van der Waals surface area (Å²) in [5, 5.41) is 36.1. The van der Waals surface area contributed by atoms with E-state index in [4.69, 9.17) is 0 Å². The maximum Gasteiger partial charge on any atom is 0.192 e. The van der Waals surface area contributed by atoms with Crippen molar-refractivity contribution in [2.75, 3.05) is 34.2 Å². The number of aromatic amines is 2. The van der Waals surface area contributed by atoms with Gasteiger partial charge in [0.2, 0.25) is 0 Å². The number of aromatic hydroxyl groups is 3. The Morgan fingerprint density at radius 2 is 1.57 bits per heavy atom. The molecule has 0 aliphatic carbocycles. The van der Waals surface area contributed by atoms with Gasteiger partial charge in [0, 0.05) is 40.2 Å². The van der Waals surface area contributed by atoms with Gasteiger partial charge in [-0.15, -0.1) is 0 Å². The molecule has 4 rings (SSSR count). The van der Waals surface area contributed by atoms with Crippen LogP contribution in [0.15, 0.2) is 30.5 Å². The van der Waals surface area contributed by atoms with Crippen LogP contribution in [0.5, 0.6) is 17.4 Å². The second-order valence-corrected chi connectivity index (χ2v) is 7.94. The van der Waals surface area contributed by atoms with Crippen molar-refractivity contribution in [1.29, 1.82) is 0 Å². The number of phenolic OH excluding ortho intramolecular Hbond substituents is 2. The smallest absolute Gasteiger partial charge is 0.192 e. The number of nitrogens with one attached hydrogen (secondary N) is 3. The number of hydrogen-bond donors (Lipinski definition) is 6. The molecule has 0 unspecified atom stereocenters. The van der Waals surface area contributed by atoms with Gasteiger partial charge < -0.3 is 35.5 Å². The maximum absolute atomic E-state index is 10.6. The Hall–Kier alpha value is -3.16. The number of H-pyrrole nitrogens is 2. The van der Waals surface area contributed by atoms with E-state index < -0.39 is 0 Å². The molecule has 4 aromatic rings. The molecule has 6 N–H and O–H groups in total. The minimum atomic E-state index is 0.0659. The van der Waals surface area contributed by atoms with Gasteiger partial charge in [0.1, 0.15) is 11.5 Å². The SMILES string of the molecule is CNCCc1c(O)[nH]c2c(-c3ccc(O)c4c(CCN(C)C)c[nH]c34)ccc(O)c12. The van der Waals surface area contributed by atoms with Gasteiger partial charge in [-0.3, -0.25) is 0 Å². The molecule has 158 valence electrons. The summed E-state index contributed by atoms with van der Waals surface area (Å²) in [5.41, 5.74) is 4.99. The van der Waals surface area contributed by atoms with Crippen LogP contribution < -0.4 is 5.32 Å². The lowest BCUT2D eigenvalue weighted by molar-refractivity contribution is 0.414. The Morgan fingerprint density at radius 3 is 2.23 bits per heavy atom. The fraction of sp³-hybridized carbons (Fsp3) is 0.304. The molecule has 0 radical (unpaired) electrons. The maximum atomic E-state index is 10.6. The molecule has 0 fully saturated rings. The Labute approximate surface area is 175 Å². The first-order valence-electron chi connectivity index (χ1n) is 10.1. The lowest BCUT2D eigenvalue weighted by Crippen LogP contribution is -2.14. The monoisotopic (exact) mass is 408 g/mol. The molecule has 30 heavy (non-hydrogen) atoms. The molecular formula is C23H28N4O3. The molecular weight excluding hydrogens is 380 g/mol. The molecule has 0 amide bonds. The summed E-state index contributed by atoms with van der Waals surface area (Å²) in [6.45, 7) is 1.55. The van der Waals surface area contributed by atoms with Gasteiger partial charge in [-0.1, -0.05) is 0 Å². The van der Waals surface area contributed by atoms with Crippen LogP contribution in [-0.2, 0) is 12.8 Å². The van der Waals surface area contributed by atoms with Crippen molar-refractivity contribution in [3.05, 3.63) is 41.6 Å². The summed E-state index contributed by atoms with van der Waals surface area (Å²) in [4.78, 5) is 8.49. The molecule has 2 heterocycles. The van der Waals surface area contributed by atoms with E-state index in [0.29, 0.717) is 29.4 Å². The molecule has 0 atom stereocenters. The molecule has 0 aliphatic heterocycles. The number of phenols is 2. The lowest BCUT2D eigenvalue weighted by Gasteiger charge is -2.11. The van der Waals surface area contributed by atoms with Gasteiger partial charge in [0.25, 0.3) is 0 Å². The minimum Gasteiger partial charge on any atom is -0.507 e. The normalized spacial score (nSPS) is 11.9. The van der Waals surface area contributed by atoms with E-state index >= 15 is 0 Å². The zero-order chi connectivity index (χ0) is 21.4. The van der Waals surface area contributed by atoms with Crippen LogP contribution in [0.2, 0.25) is 0 Å². The summed E-state index contributed by atoms with van der Waals surface area (Å²) < 4.78 is 0. The molecule has 0 bridgehead atoms. The fourth-order valence-corrected chi connectivity index (χ4v) is 4.12. The summed E-state index contributed by atoms with van der Waals surface area (Å²) in [5.74, 6) is 0.434. The fourth-order valence-electron chi connectivity index (χ4n) is 4.12. The third kappa shape index (κ3) is 3.36. The third-order valence-electron chi connectivity index (χ3n) is 5.65. The predicted octanol–water partition coefficient (Wildman–Crippen LogP) is 3.30. The number of hydrogen-bond acceptors (Lipinski definition) is 5. The molecule has 0 spiro atoms. The van der Waals surface area contributed by atoms with E-state index in [2.05, 4.69) is 20.2 Å². The first-order chi connectivity index (χ1) is 14.4. The molecule has 0 saturated heterocycles. The zero-order valence-electron chi connectivity index (χ0n) is 17.5. The van der Waals surface area contributed by atoms with Gasteiger partial charge in [0.15, 0.2) is 5.88 Å². The van der Waals surface area contributed by atoms with Crippen LogP contribution in [0.1, 0.15) is 11.1 Å². The molecule has 7 nitrogen and oxygen atoms in total. The van der Waals surface area contributed by atoms with Crippen molar-refractivity contribution >= 4 is 21.8 Å². The van der Waals surface area contributed by atoms with Crippen LogP contribution in [0.3, 0.4) is 0 Å². The van der Waals surface area contributed by atoms with Crippen LogP contribution in [-0.4, -0.2) is 64.4 Å². The molecule has 7 heteroatoms. The van der Waals surface area contributed by atoms with E-state index in [1.807, 2.05) is 39.5 Å². The van der Waals surface area contributed by atoms with Crippen molar-refractivity contribution < 1.29 is 15.3 Å². The second-order valence-electron chi connectivity index (χ2n) is 7.94. The van der Waals surface area contributed by atoms with Crippen molar-refractivity contribution in [2.45, 2.75) is 12.8 Å². The highest BCUT2D eigenvalue weighted by Crippen LogP contribution is 2.43. The van der Waals surface area contributed by atoms with Crippen molar-refractivity contribution in [2.24, 2.45) is 0 Å². The van der Waals surface area contributed by atoms with E-state index in [9.17, 15) is 15.3 Å². The molecule has 0 saturated carbocycles. The Kier molecular flexibility index (Phi) is 5.32. The van der Waals surface area contributed by atoms with E-state index in [1.165, 1.54) is 0 Å². The van der Waals surface area contributed by atoms with Crippen molar-refractivity contribution in [1.82, 2.24) is 20.2 Å². The van der Waals surface area contributed by atoms with E-state index in [-0.39, 0.29) is 17.4 Å². The number of rotatable bonds is 7. The molecule has 0 aliphatic rings. The number of nitrogens with zero attached hydrogens (tertiary/aromatic N) is 1. The third-order valence-corrected chi connectivity index (χ3v) is 5.65. The average molecular weight is 409 g/mol. The lowest BCUT2D eigenvalue weighted by atomic mass is 9.97. The van der Waals surface area contributed by atoms with Gasteiger partial charge >= 0.3 is 0 Å². The highest BCUT2D eigenvalue weighted by atomic mass is 16.3. The Balaban J connectivity index is 1.91. The largest absolute Gasteiger partial charge is 0.507 e. The van der Waals surface area contributed by atoms with Crippen LogP contribution in [0.25, 0.3) is 32.9 Å². The quantitative estimate of drug-likeness (QED) is 0.281. The first kappa shape index (κ1) is 20.1. The zero-order valence-corrected chi connectivity index (χ0v) is 17.5. The van der Waals surface area contributed by atoms with Crippen molar-refractivity contribution in [3.8, 4) is 28.5 Å². The number of fused-ring (bicyclic) bond motifs is 2.